The maximum absolute atomic E-state index is 4.73. The average molecular weight is 382 g/mol. The number of rotatable bonds is 8. The Morgan fingerprint density at radius 2 is 1.89 bits per heavy atom. The van der Waals surface area contributed by atoms with Gasteiger partial charge in [0.05, 0.1) is 12.2 Å². The molecule has 5 nitrogen and oxygen atoms in total. The predicted molar refractivity (Wildman–Crippen MR) is 113 cm³/mol. The summed E-state index contributed by atoms with van der Waals surface area (Å²) in [5.41, 5.74) is 2.64. The SMILES string of the molecule is CCN1CCC[C@@H]1CN(Cc1cccnc1)Cc1cnn(C2CCCCC2)c1. The smallest absolute Gasteiger partial charge is 0.0534 e. The molecule has 1 atom stereocenters. The quantitative estimate of drug-likeness (QED) is 0.684. The van der Waals surface area contributed by atoms with Gasteiger partial charge < -0.3 is 0 Å². The standard InChI is InChI=1S/C23H35N5/c1-2-27-13-7-11-23(27)19-26(16-20-8-6-12-24-14-20)17-21-15-25-28(18-21)22-9-4-3-5-10-22/h6,8,12,14-15,18,22-23H,2-5,7,9-11,13,16-17,19H2,1H3/t23-/m1/s1. The van der Waals surface area contributed by atoms with Gasteiger partial charge in [0, 0.05) is 49.8 Å². The second-order valence-corrected chi connectivity index (χ2v) is 8.58. The van der Waals surface area contributed by atoms with Crippen LogP contribution in [0.3, 0.4) is 0 Å². The number of hydrogen-bond acceptors (Lipinski definition) is 4. The minimum absolute atomic E-state index is 0.611. The highest BCUT2D eigenvalue weighted by molar-refractivity contribution is 5.10. The van der Waals surface area contributed by atoms with E-state index >= 15 is 0 Å². The normalized spacial score (nSPS) is 21.6. The van der Waals surface area contributed by atoms with E-state index in [2.05, 4.69) is 44.8 Å². The van der Waals surface area contributed by atoms with E-state index in [9.17, 15) is 0 Å². The number of likely N-dealkylation sites (N-methyl/N-ethyl adjacent to an activating group) is 1. The van der Waals surface area contributed by atoms with E-state index in [1.165, 1.54) is 62.6 Å². The molecule has 0 amide bonds. The third-order valence-electron chi connectivity index (χ3n) is 6.51. The van der Waals surface area contributed by atoms with Crippen LogP contribution in [0, 0.1) is 0 Å². The zero-order valence-electron chi connectivity index (χ0n) is 17.3. The van der Waals surface area contributed by atoms with E-state index in [1.54, 1.807) is 0 Å². The Morgan fingerprint density at radius 1 is 1.04 bits per heavy atom. The number of pyridine rings is 1. The van der Waals surface area contributed by atoms with E-state index in [1.807, 2.05) is 18.5 Å². The van der Waals surface area contributed by atoms with Crippen molar-refractivity contribution in [3.05, 3.63) is 48.0 Å². The van der Waals surface area contributed by atoms with Crippen molar-refractivity contribution in [2.75, 3.05) is 19.6 Å². The summed E-state index contributed by atoms with van der Waals surface area (Å²) >= 11 is 0. The number of aromatic nitrogens is 3. The Balaban J connectivity index is 1.44. The van der Waals surface area contributed by atoms with Crippen LogP contribution in [-0.4, -0.2) is 50.2 Å². The molecule has 2 aliphatic rings. The second-order valence-electron chi connectivity index (χ2n) is 8.58. The van der Waals surface area contributed by atoms with Crippen LogP contribution in [0.25, 0.3) is 0 Å². The summed E-state index contributed by atoms with van der Waals surface area (Å²) in [5.74, 6) is 0. The van der Waals surface area contributed by atoms with Gasteiger partial charge in [0.2, 0.25) is 0 Å². The van der Waals surface area contributed by atoms with Gasteiger partial charge in [-0.1, -0.05) is 32.3 Å². The van der Waals surface area contributed by atoms with Gasteiger partial charge in [-0.2, -0.15) is 5.10 Å². The van der Waals surface area contributed by atoms with E-state index in [0.717, 1.165) is 26.2 Å². The molecular formula is C23H35N5. The molecule has 2 aromatic rings. The van der Waals surface area contributed by atoms with Crippen molar-refractivity contribution in [1.82, 2.24) is 24.6 Å². The predicted octanol–water partition coefficient (Wildman–Crippen LogP) is 4.27. The molecule has 1 aliphatic carbocycles. The lowest BCUT2D eigenvalue weighted by atomic mass is 9.96. The maximum Gasteiger partial charge on any atom is 0.0534 e. The lowest BCUT2D eigenvalue weighted by Gasteiger charge is -2.30. The lowest BCUT2D eigenvalue weighted by molar-refractivity contribution is 0.166. The molecule has 4 rings (SSSR count). The maximum atomic E-state index is 4.73. The molecule has 0 aromatic carbocycles. The van der Waals surface area contributed by atoms with Crippen molar-refractivity contribution in [2.24, 2.45) is 0 Å². The number of nitrogens with zero attached hydrogens (tertiary/aromatic N) is 5. The minimum atomic E-state index is 0.611. The van der Waals surface area contributed by atoms with Crippen molar-refractivity contribution in [2.45, 2.75) is 77.0 Å². The molecule has 3 heterocycles. The first-order valence-corrected chi connectivity index (χ1v) is 11.2. The third kappa shape index (κ3) is 5.00. The second kappa shape index (κ2) is 9.66. The Kier molecular flexibility index (Phi) is 6.76. The molecule has 5 heteroatoms. The average Bonchev–Trinajstić information content (AvgIpc) is 3.39. The molecule has 0 spiro atoms. The highest BCUT2D eigenvalue weighted by atomic mass is 15.3. The van der Waals surface area contributed by atoms with Crippen LogP contribution in [0.1, 0.15) is 69.0 Å². The van der Waals surface area contributed by atoms with Crippen LogP contribution >= 0.6 is 0 Å². The molecule has 2 aromatic heterocycles. The summed E-state index contributed by atoms with van der Waals surface area (Å²) in [6, 6.07) is 5.52. The van der Waals surface area contributed by atoms with E-state index in [-0.39, 0.29) is 0 Å². The fraction of sp³-hybridized carbons (Fsp3) is 0.652. The summed E-state index contributed by atoms with van der Waals surface area (Å²) in [7, 11) is 0. The van der Waals surface area contributed by atoms with Crippen molar-refractivity contribution in [3.8, 4) is 0 Å². The van der Waals surface area contributed by atoms with Gasteiger partial charge >= 0.3 is 0 Å². The minimum Gasteiger partial charge on any atom is -0.299 e. The molecular weight excluding hydrogens is 346 g/mol. The number of hydrogen-bond donors (Lipinski definition) is 0. The van der Waals surface area contributed by atoms with Gasteiger partial charge in [-0.15, -0.1) is 0 Å². The molecule has 28 heavy (non-hydrogen) atoms. The molecule has 2 fully saturated rings. The van der Waals surface area contributed by atoms with Gasteiger partial charge in [-0.3, -0.25) is 19.5 Å². The monoisotopic (exact) mass is 381 g/mol. The molecule has 0 radical (unpaired) electrons. The summed E-state index contributed by atoms with van der Waals surface area (Å²) in [6.45, 7) is 7.74. The van der Waals surface area contributed by atoms with Crippen LogP contribution in [0.2, 0.25) is 0 Å². The molecule has 0 unspecified atom stereocenters. The lowest BCUT2D eigenvalue weighted by Crippen LogP contribution is -2.39. The van der Waals surface area contributed by atoms with Crippen molar-refractivity contribution >= 4 is 0 Å². The fourth-order valence-corrected chi connectivity index (χ4v) is 5.01. The van der Waals surface area contributed by atoms with Crippen molar-refractivity contribution in [3.63, 3.8) is 0 Å². The first-order chi connectivity index (χ1) is 13.8. The van der Waals surface area contributed by atoms with Crippen LogP contribution in [-0.2, 0) is 13.1 Å². The first kappa shape index (κ1) is 19.6. The summed E-state index contributed by atoms with van der Waals surface area (Å²) < 4.78 is 2.24. The van der Waals surface area contributed by atoms with E-state index in [4.69, 9.17) is 5.10 Å². The largest absolute Gasteiger partial charge is 0.299 e. The third-order valence-corrected chi connectivity index (χ3v) is 6.51. The van der Waals surface area contributed by atoms with E-state index < -0.39 is 0 Å². The fourth-order valence-electron chi connectivity index (χ4n) is 5.01. The van der Waals surface area contributed by atoms with Crippen molar-refractivity contribution in [1.29, 1.82) is 0 Å². The number of likely N-dealkylation sites (tertiary alicyclic amines) is 1. The van der Waals surface area contributed by atoms with Gasteiger partial charge in [-0.25, -0.2) is 0 Å². The topological polar surface area (TPSA) is 37.2 Å². The van der Waals surface area contributed by atoms with Gasteiger partial charge in [0.15, 0.2) is 0 Å². The van der Waals surface area contributed by atoms with Crippen LogP contribution in [0.4, 0.5) is 0 Å². The van der Waals surface area contributed by atoms with Crippen molar-refractivity contribution < 1.29 is 0 Å². The zero-order valence-corrected chi connectivity index (χ0v) is 17.3. The Hall–Kier alpha value is -1.72. The van der Waals surface area contributed by atoms with Gasteiger partial charge in [0.25, 0.3) is 0 Å². The molecule has 1 saturated heterocycles. The van der Waals surface area contributed by atoms with Crippen LogP contribution < -0.4 is 0 Å². The highest BCUT2D eigenvalue weighted by Crippen LogP contribution is 2.28. The molecule has 152 valence electrons. The highest BCUT2D eigenvalue weighted by Gasteiger charge is 2.25. The Bertz CT molecular complexity index is 707. The molecule has 1 saturated carbocycles. The van der Waals surface area contributed by atoms with Crippen LogP contribution in [0.15, 0.2) is 36.9 Å². The Labute approximate surface area is 169 Å². The summed E-state index contributed by atoms with van der Waals surface area (Å²) in [4.78, 5) is 9.56. The molecule has 0 N–H and O–H groups in total. The molecule has 0 bridgehead atoms. The molecule has 1 aliphatic heterocycles. The van der Waals surface area contributed by atoms with Crippen LogP contribution in [0.5, 0.6) is 0 Å². The zero-order chi connectivity index (χ0) is 19.2. The summed E-state index contributed by atoms with van der Waals surface area (Å²) in [5, 5.41) is 4.73. The van der Waals surface area contributed by atoms with Gasteiger partial charge in [-0.05, 0) is 50.4 Å². The first-order valence-electron chi connectivity index (χ1n) is 11.2. The Morgan fingerprint density at radius 3 is 2.68 bits per heavy atom. The van der Waals surface area contributed by atoms with E-state index in [0.29, 0.717) is 12.1 Å². The van der Waals surface area contributed by atoms with Gasteiger partial charge in [0.1, 0.15) is 0 Å². The summed E-state index contributed by atoms with van der Waals surface area (Å²) in [6.07, 6.45) is 17.6.